The second-order valence-corrected chi connectivity index (χ2v) is 6.84. The van der Waals surface area contributed by atoms with Crippen molar-refractivity contribution < 1.29 is 4.79 Å². The molecule has 1 aromatic carbocycles. The number of aryl methyl sites for hydroxylation is 1. The number of carbonyl (C=O) groups is 1. The highest BCUT2D eigenvalue weighted by atomic mass is 35.5. The number of amides is 1. The van der Waals surface area contributed by atoms with Crippen LogP contribution in [0.15, 0.2) is 36.4 Å². The van der Waals surface area contributed by atoms with Gasteiger partial charge in [0.05, 0.1) is 5.56 Å². The van der Waals surface area contributed by atoms with Crippen LogP contribution in [0.25, 0.3) is 5.69 Å². The predicted octanol–water partition coefficient (Wildman–Crippen LogP) is 2.81. The molecular weight excluding hydrogens is 322 g/mol. The Morgan fingerprint density at radius 2 is 1.71 bits per heavy atom. The SMILES string of the molecule is Cc1cc(C(=O)N2C[C@H]3CNC[C@H]3C2)c(C)n1-c1ccccc1.Cl. The lowest BCUT2D eigenvalue weighted by Gasteiger charge is -2.18. The van der Waals surface area contributed by atoms with Crippen LogP contribution in [0.1, 0.15) is 21.7 Å². The number of para-hydroxylation sites is 1. The Bertz CT molecular complexity index is 729. The van der Waals surface area contributed by atoms with E-state index < -0.39 is 0 Å². The smallest absolute Gasteiger partial charge is 0.255 e. The highest BCUT2D eigenvalue weighted by molar-refractivity contribution is 5.96. The summed E-state index contributed by atoms with van der Waals surface area (Å²) in [5.74, 6) is 1.46. The number of aromatic nitrogens is 1. The fourth-order valence-corrected chi connectivity index (χ4v) is 4.15. The number of benzene rings is 1. The van der Waals surface area contributed by atoms with Crippen LogP contribution in [0.3, 0.4) is 0 Å². The van der Waals surface area contributed by atoms with E-state index in [9.17, 15) is 4.79 Å². The van der Waals surface area contributed by atoms with Gasteiger partial charge in [-0.1, -0.05) is 18.2 Å². The summed E-state index contributed by atoms with van der Waals surface area (Å²) in [7, 11) is 0. The maximum absolute atomic E-state index is 13.0. The molecule has 4 nitrogen and oxygen atoms in total. The Kier molecular flexibility index (Phi) is 4.70. The van der Waals surface area contributed by atoms with Crippen molar-refractivity contribution in [2.45, 2.75) is 13.8 Å². The Balaban J connectivity index is 0.00000169. The van der Waals surface area contributed by atoms with Crippen molar-refractivity contribution in [3.63, 3.8) is 0 Å². The lowest BCUT2D eigenvalue weighted by Crippen LogP contribution is -2.32. The van der Waals surface area contributed by atoms with E-state index in [-0.39, 0.29) is 18.3 Å². The highest BCUT2D eigenvalue weighted by Crippen LogP contribution is 2.29. The number of rotatable bonds is 2. The zero-order valence-corrected chi connectivity index (χ0v) is 15.0. The minimum atomic E-state index is 0. The van der Waals surface area contributed by atoms with Crippen molar-refractivity contribution in [2.75, 3.05) is 26.2 Å². The van der Waals surface area contributed by atoms with Crippen molar-refractivity contribution >= 4 is 18.3 Å². The van der Waals surface area contributed by atoms with E-state index in [0.717, 1.165) is 48.8 Å². The second-order valence-electron chi connectivity index (χ2n) is 6.84. The van der Waals surface area contributed by atoms with E-state index in [1.54, 1.807) is 0 Å². The van der Waals surface area contributed by atoms with Gasteiger partial charge in [-0.3, -0.25) is 4.79 Å². The van der Waals surface area contributed by atoms with E-state index in [1.165, 1.54) is 0 Å². The van der Waals surface area contributed by atoms with E-state index in [0.29, 0.717) is 11.8 Å². The van der Waals surface area contributed by atoms with Gasteiger partial charge in [0.2, 0.25) is 0 Å². The molecule has 2 saturated heterocycles. The molecule has 0 radical (unpaired) electrons. The van der Waals surface area contributed by atoms with Gasteiger partial charge in [-0.15, -0.1) is 12.4 Å². The van der Waals surface area contributed by atoms with Gasteiger partial charge < -0.3 is 14.8 Å². The molecule has 4 rings (SSSR count). The van der Waals surface area contributed by atoms with Crippen molar-refractivity contribution in [1.82, 2.24) is 14.8 Å². The normalized spacial score (nSPS) is 22.3. The molecule has 1 N–H and O–H groups in total. The van der Waals surface area contributed by atoms with Gasteiger partial charge in [-0.2, -0.15) is 0 Å². The summed E-state index contributed by atoms with van der Waals surface area (Å²) in [6, 6.07) is 12.3. The minimum absolute atomic E-state index is 0. The molecule has 2 atom stereocenters. The summed E-state index contributed by atoms with van der Waals surface area (Å²) in [5, 5.41) is 3.43. The van der Waals surface area contributed by atoms with E-state index in [4.69, 9.17) is 0 Å². The topological polar surface area (TPSA) is 37.3 Å². The van der Waals surface area contributed by atoms with Crippen molar-refractivity contribution in [2.24, 2.45) is 11.8 Å². The highest BCUT2D eigenvalue weighted by Gasteiger charge is 2.38. The van der Waals surface area contributed by atoms with Gasteiger partial charge in [0, 0.05) is 43.3 Å². The molecule has 5 heteroatoms. The average molecular weight is 346 g/mol. The average Bonchev–Trinajstić information content (AvgIpc) is 3.21. The predicted molar refractivity (Wildman–Crippen MR) is 98.2 cm³/mol. The van der Waals surface area contributed by atoms with Gasteiger partial charge in [0.1, 0.15) is 0 Å². The first-order valence-electron chi connectivity index (χ1n) is 8.39. The first kappa shape index (κ1) is 17.1. The standard InChI is InChI=1S/C19H23N3O.ClH/c1-13-8-18(14(2)22(13)17-6-4-3-5-7-17)19(23)21-11-15-9-20-10-16(15)12-21;/h3-8,15-16,20H,9-12H2,1-2H3;1H/t15-,16+;. The van der Waals surface area contributed by atoms with Crippen LogP contribution in [-0.2, 0) is 0 Å². The van der Waals surface area contributed by atoms with E-state index >= 15 is 0 Å². The summed E-state index contributed by atoms with van der Waals surface area (Å²) in [6.45, 7) is 8.01. The summed E-state index contributed by atoms with van der Waals surface area (Å²) < 4.78 is 2.17. The number of hydrogen-bond donors (Lipinski definition) is 1. The molecule has 2 aromatic rings. The van der Waals surface area contributed by atoms with E-state index in [2.05, 4.69) is 28.9 Å². The quantitative estimate of drug-likeness (QED) is 0.908. The molecule has 0 bridgehead atoms. The molecular formula is C19H24ClN3O. The number of likely N-dealkylation sites (tertiary alicyclic amines) is 1. The first-order valence-corrected chi connectivity index (χ1v) is 8.39. The molecule has 0 unspecified atom stereocenters. The number of carbonyl (C=O) groups excluding carboxylic acids is 1. The summed E-state index contributed by atoms with van der Waals surface area (Å²) in [4.78, 5) is 15.0. The molecule has 128 valence electrons. The molecule has 2 aliphatic heterocycles. The molecule has 24 heavy (non-hydrogen) atoms. The molecule has 1 amide bonds. The molecule has 0 saturated carbocycles. The maximum Gasteiger partial charge on any atom is 0.255 e. The first-order chi connectivity index (χ1) is 11.1. The number of nitrogens with one attached hydrogen (secondary N) is 1. The van der Waals surface area contributed by atoms with Gasteiger partial charge >= 0.3 is 0 Å². The van der Waals surface area contributed by atoms with Crippen LogP contribution in [0.5, 0.6) is 0 Å². The van der Waals surface area contributed by atoms with Crippen molar-refractivity contribution in [3.8, 4) is 5.69 Å². The van der Waals surface area contributed by atoms with Crippen molar-refractivity contribution in [1.29, 1.82) is 0 Å². The largest absolute Gasteiger partial charge is 0.338 e. The molecule has 2 aliphatic rings. The van der Waals surface area contributed by atoms with Crippen LogP contribution in [-0.4, -0.2) is 41.6 Å². The van der Waals surface area contributed by atoms with Crippen LogP contribution in [0.4, 0.5) is 0 Å². The Labute approximate surface area is 149 Å². The molecule has 2 fully saturated rings. The number of nitrogens with zero attached hydrogens (tertiary/aromatic N) is 2. The second kappa shape index (κ2) is 6.61. The summed E-state index contributed by atoms with van der Waals surface area (Å²) >= 11 is 0. The number of halogens is 1. The van der Waals surface area contributed by atoms with Gasteiger partial charge in [-0.25, -0.2) is 0 Å². The van der Waals surface area contributed by atoms with E-state index in [1.807, 2.05) is 36.1 Å². The summed E-state index contributed by atoms with van der Waals surface area (Å²) in [5.41, 5.74) is 4.11. The number of fused-ring (bicyclic) bond motifs is 1. The Morgan fingerprint density at radius 1 is 1.08 bits per heavy atom. The van der Waals surface area contributed by atoms with Crippen LogP contribution >= 0.6 is 12.4 Å². The van der Waals surface area contributed by atoms with Crippen molar-refractivity contribution in [3.05, 3.63) is 53.3 Å². The fraction of sp³-hybridized carbons (Fsp3) is 0.421. The molecule has 3 heterocycles. The number of hydrogen-bond acceptors (Lipinski definition) is 2. The third kappa shape index (κ3) is 2.74. The third-order valence-corrected chi connectivity index (χ3v) is 5.35. The van der Waals surface area contributed by atoms with Crippen LogP contribution in [0, 0.1) is 25.7 Å². The third-order valence-electron chi connectivity index (χ3n) is 5.35. The zero-order chi connectivity index (χ0) is 16.0. The monoisotopic (exact) mass is 345 g/mol. The fourth-order valence-electron chi connectivity index (χ4n) is 4.15. The van der Waals surface area contributed by atoms with Gasteiger partial charge in [0.25, 0.3) is 5.91 Å². The lowest BCUT2D eigenvalue weighted by atomic mass is 10.0. The minimum Gasteiger partial charge on any atom is -0.338 e. The Morgan fingerprint density at radius 3 is 2.33 bits per heavy atom. The zero-order valence-electron chi connectivity index (χ0n) is 14.2. The summed E-state index contributed by atoms with van der Waals surface area (Å²) in [6.07, 6.45) is 0. The Hall–Kier alpha value is -1.78. The van der Waals surface area contributed by atoms with Gasteiger partial charge in [-0.05, 0) is 43.9 Å². The van der Waals surface area contributed by atoms with Crippen LogP contribution < -0.4 is 5.32 Å². The molecule has 0 aliphatic carbocycles. The molecule has 1 aromatic heterocycles. The maximum atomic E-state index is 13.0. The molecule has 0 spiro atoms. The van der Waals surface area contributed by atoms with Crippen LogP contribution in [0.2, 0.25) is 0 Å². The van der Waals surface area contributed by atoms with Gasteiger partial charge in [0.15, 0.2) is 0 Å². The lowest BCUT2D eigenvalue weighted by molar-refractivity contribution is 0.0781.